The number of likely N-dealkylation sites (tertiary alicyclic amines) is 1. The van der Waals surface area contributed by atoms with Crippen LogP contribution in [0.3, 0.4) is 0 Å². The standard InChI is InChI=1S/C22H31N3O5S/c1-24-11-10-22(9-7-21(24)27)13-18(17-5-3-4-6-19(17)30-22)23-20(26)14-25(2)16-8-12-31(28,29)15-16/h3-6,16,18H,7-15H2,1-2H3,(H,23,26)/t16-,18-,22-/m1/s1. The fourth-order valence-electron chi connectivity index (χ4n) is 4.92. The van der Waals surface area contributed by atoms with Gasteiger partial charge in [0.25, 0.3) is 0 Å². The predicted molar refractivity (Wildman–Crippen MR) is 116 cm³/mol. The van der Waals surface area contributed by atoms with Gasteiger partial charge < -0.3 is 15.0 Å². The van der Waals surface area contributed by atoms with Crippen LogP contribution in [0, 0.1) is 0 Å². The van der Waals surface area contributed by atoms with Crippen molar-refractivity contribution in [2.75, 3.05) is 38.7 Å². The Bertz CT molecular complexity index is 966. The van der Waals surface area contributed by atoms with Gasteiger partial charge in [-0.2, -0.15) is 0 Å². The Morgan fingerprint density at radius 1 is 1.32 bits per heavy atom. The zero-order chi connectivity index (χ0) is 22.2. The highest BCUT2D eigenvalue weighted by Gasteiger charge is 2.43. The van der Waals surface area contributed by atoms with Crippen LogP contribution < -0.4 is 10.1 Å². The van der Waals surface area contributed by atoms with Gasteiger partial charge in [-0.3, -0.25) is 14.5 Å². The molecule has 170 valence electrons. The molecule has 31 heavy (non-hydrogen) atoms. The quantitative estimate of drug-likeness (QED) is 0.740. The summed E-state index contributed by atoms with van der Waals surface area (Å²) in [7, 11) is 0.623. The molecule has 9 heteroatoms. The number of rotatable bonds is 4. The molecule has 3 atom stereocenters. The minimum atomic E-state index is -3.00. The summed E-state index contributed by atoms with van der Waals surface area (Å²) in [4.78, 5) is 28.7. The normalized spacial score (nSPS) is 30.0. The summed E-state index contributed by atoms with van der Waals surface area (Å²) in [6.07, 6.45) is 2.94. The van der Waals surface area contributed by atoms with Crippen molar-refractivity contribution in [1.82, 2.24) is 15.1 Å². The third-order valence-corrected chi connectivity index (χ3v) is 8.63. The van der Waals surface area contributed by atoms with Gasteiger partial charge in [0.05, 0.1) is 24.1 Å². The number of hydrogen-bond acceptors (Lipinski definition) is 6. The summed E-state index contributed by atoms with van der Waals surface area (Å²) in [5, 5.41) is 3.16. The van der Waals surface area contributed by atoms with Crippen LogP contribution >= 0.6 is 0 Å². The Hall–Kier alpha value is -2.13. The lowest BCUT2D eigenvalue weighted by atomic mass is 9.82. The predicted octanol–water partition coefficient (Wildman–Crippen LogP) is 1.13. The third-order valence-electron chi connectivity index (χ3n) is 6.88. The Labute approximate surface area is 183 Å². The number of para-hydroxylation sites is 1. The van der Waals surface area contributed by atoms with E-state index in [9.17, 15) is 18.0 Å². The van der Waals surface area contributed by atoms with Gasteiger partial charge >= 0.3 is 0 Å². The summed E-state index contributed by atoms with van der Waals surface area (Å²) in [5.41, 5.74) is 0.453. The minimum absolute atomic E-state index is 0.113. The molecule has 2 amide bonds. The number of carbonyl (C=O) groups excluding carboxylic acids is 2. The van der Waals surface area contributed by atoms with Gasteiger partial charge in [0, 0.05) is 44.5 Å². The van der Waals surface area contributed by atoms with Crippen molar-refractivity contribution in [2.24, 2.45) is 0 Å². The van der Waals surface area contributed by atoms with E-state index in [4.69, 9.17) is 4.74 Å². The zero-order valence-corrected chi connectivity index (χ0v) is 19.0. The van der Waals surface area contributed by atoms with Crippen LogP contribution in [0.1, 0.15) is 43.7 Å². The maximum atomic E-state index is 12.9. The number of nitrogens with zero attached hydrogens (tertiary/aromatic N) is 2. The Balaban J connectivity index is 1.47. The van der Waals surface area contributed by atoms with E-state index >= 15 is 0 Å². The molecule has 0 unspecified atom stereocenters. The molecule has 4 rings (SSSR count). The number of nitrogens with one attached hydrogen (secondary N) is 1. The van der Waals surface area contributed by atoms with Crippen LogP contribution in [-0.2, 0) is 19.4 Å². The Kier molecular flexibility index (Phi) is 6.00. The smallest absolute Gasteiger partial charge is 0.234 e. The molecule has 8 nitrogen and oxygen atoms in total. The highest BCUT2D eigenvalue weighted by atomic mass is 32.2. The van der Waals surface area contributed by atoms with Crippen LogP contribution in [0.4, 0.5) is 0 Å². The summed E-state index contributed by atoms with van der Waals surface area (Å²) < 4.78 is 30.0. The zero-order valence-electron chi connectivity index (χ0n) is 18.2. The number of carbonyl (C=O) groups is 2. The maximum absolute atomic E-state index is 12.9. The SMILES string of the molecule is CN1CC[C@]2(CCC1=O)C[C@@H](NC(=O)CN(C)[C@@H]1CCS(=O)(=O)C1)c1ccccc1O2. The van der Waals surface area contributed by atoms with Crippen LogP contribution in [0.5, 0.6) is 5.75 Å². The molecule has 3 aliphatic rings. The van der Waals surface area contributed by atoms with Crippen molar-refractivity contribution < 1.29 is 22.7 Å². The third kappa shape index (κ3) is 4.87. The average molecular weight is 450 g/mol. The summed E-state index contributed by atoms with van der Waals surface area (Å²) in [6, 6.07) is 7.40. The Morgan fingerprint density at radius 3 is 2.84 bits per heavy atom. The highest BCUT2D eigenvalue weighted by Crippen LogP contribution is 2.44. The van der Waals surface area contributed by atoms with E-state index in [0.717, 1.165) is 17.7 Å². The number of benzene rings is 1. The molecule has 2 saturated heterocycles. The van der Waals surface area contributed by atoms with Gasteiger partial charge in [0.1, 0.15) is 11.4 Å². The van der Waals surface area contributed by atoms with Gasteiger partial charge in [0.2, 0.25) is 11.8 Å². The fraction of sp³-hybridized carbons (Fsp3) is 0.636. The molecule has 1 spiro atoms. The minimum Gasteiger partial charge on any atom is -0.487 e. The highest BCUT2D eigenvalue weighted by molar-refractivity contribution is 7.91. The first-order valence-corrected chi connectivity index (χ1v) is 12.7. The first-order valence-electron chi connectivity index (χ1n) is 10.9. The molecule has 0 bridgehead atoms. The second-order valence-corrected chi connectivity index (χ2v) is 11.4. The molecule has 1 N–H and O–H groups in total. The van der Waals surface area contributed by atoms with Crippen molar-refractivity contribution in [3.8, 4) is 5.75 Å². The van der Waals surface area contributed by atoms with E-state index in [1.807, 2.05) is 36.2 Å². The van der Waals surface area contributed by atoms with Crippen molar-refractivity contribution in [3.63, 3.8) is 0 Å². The number of amides is 2. The van der Waals surface area contributed by atoms with E-state index in [1.165, 1.54) is 0 Å². The molecule has 2 fully saturated rings. The monoisotopic (exact) mass is 449 g/mol. The summed E-state index contributed by atoms with van der Waals surface area (Å²) >= 11 is 0. The van der Waals surface area contributed by atoms with E-state index in [1.54, 1.807) is 11.9 Å². The van der Waals surface area contributed by atoms with Crippen LogP contribution in [-0.4, -0.2) is 80.4 Å². The van der Waals surface area contributed by atoms with Crippen molar-refractivity contribution in [3.05, 3.63) is 29.8 Å². The largest absolute Gasteiger partial charge is 0.487 e. The lowest BCUT2D eigenvalue weighted by Gasteiger charge is -2.42. The van der Waals surface area contributed by atoms with Crippen LogP contribution in [0.15, 0.2) is 24.3 Å². The number of ether oxygens (including phenoxy) is 1. The average Bonchev–Trinajstić information content (AvgIpc) is 3.04. The molecule has 1 aromatic carbocycles. The van der Waals surface area contributed by atoms with Gasteiger partial charge in [-0.25, -0.2) is 8.42 Å². The van der Waals surface area contributed by atoms with Crippen molar-refractivity contribution in [2.45, 2.75) is 49.8 Å². The summed E-state index contributed by atoms with van der Waals surface area (Å²) in [5.74, 6) is 1.04. The second-order valence-electron chi connectivity index (χ2n) is 9.18. The lowest BCUT2D eigenvalue weighted by Crippen LogP contribution is -2.48. The fourth-order valence-corrected chi connectivity index (χ4v) is 6.72. The van der Waals surface area contributed by atoms with Gasteiger partial charge in [-0.1, -0.05) is 18.2 Å². The van der Waals surface area contributed by atoms with Crippen molar-refractivity contribution in [1.29, 1.82) is 0 Å². The number of fused-ring (bicyclic) bond motifs is 1. The molecule has 1 aromatic rings. The van der Waals surface area contributed by atoms with Crippen molar-refractivity contribution >= 4 is 21.7 Å². The lowest BCUT2D eigenvalue weighted by molar-refractivity contribution is -0.129. The first kappa shape index (κ1) is 22.1. The molecular formula is C22H31N3O5S. The van der Waals surface area contributed by atoms with E-state index in [2.05, 4.69) is 5.32 Å². The number of hydrogen-bond donors (Lipinski definition) is 1. The van der Waals surface area contributed by atoms with E-state index < -0.39 is 15.4 Å². The molecule has 0 aromatic heterocycles. The molecule has 3 heterocycles. The van der Waals surface area contributed by atoms with Gasteiger partial charge in [-0.15, -0.1) is 0 Å². The van der Waals surface area contributed by atoms with E-state index in [0.29, 0.717) is 32.2 Å². The number of likely N-dealkylation sites (N-methyl/N-ethyl adjacent to an activating group) is 1. The molecule has 3 aliphatic heterocycles. The molecular weight excluding hydrogens is 418 g/mol. The second kappa shape index (κ2) is 8.43. The topological polar surface area (TPSA) is 96.0 Å². The summed E-state index contributed by atoms with van der Waals surface area (Å²) in [6.45, 7) is 0.772. The maximum Gasteiger partial charge on any atom is 0.234 e. The molecule has 0 radical (unpaired) electrons. The van der Waals surface area contributed by atoms with E-state index in [-0.39, 0.29) is 41.9 Å². The first-order chi connectivity index (χ1) is 14.7. The van der Waals surface area contributed by atoms with Crippen LogP contribution in [0.25, 0.3) is 0 Å². The van der Waals surface area contributed by atoms with Gasteiger partial charge in [0.15, 0.2) is 9.84 Å². The number of sulfone groups is 1. The van der Waals surface area contributed by atoms with Crippen LogP contribution in [0.2, 0.25) is 0 Å². The Morgan fingerprint density at radius 2 is 2.10 bits per heavy atom. The molecule has 0 aliphatic carbocycles. The van der Waals surface area contributed by atoms with Gasteiger partial charge in [-0.05, 0) is 26.0 Å². The molecule has 0 saturated carbocycles.